The van der Waals surface area contributed by atoms with E-state index in [1.165, 1.54) is 0 Å². The molecule has 5 heteroatoms. The molecule has 0 atom stereocenters. The summed E-state index contributed by atoms with van der Waals surface area (Å²) < 4.78 is 0. The van der Waals surface area contributed by atoms with Gasteiger partial charge in [-0.15, -0.1) is 0 Å². The summed E-state index contributed by atoms with van der Waals surface area (Å²) in [6.07, 6.45) is 0.851. The fourth-order valence-electron chi connectivity index (χ4n) is 3.21. The van der Waals surface area contributed by atoms with Crippen LogP contribution in [0.2, 0.25) is 0 Å². The van der Waals surface area contributed by atoms with Crippen LogP contribution in [0, 0.1) is 6.92 Å². The molecule has 0 saturated carbocycles. The number of anilines is 2. The van der Waals surface area contributed by atoms with E-state index < -0.39 is 0 Å². The molecule has 0 saturated heterocycles. The van der Waals surface area contributed by atoms with E-state index in [-0.39, 0.29) is 24.9 Å². The Morgan fingerprint density at radius 3 is 2.25 bits per heavy atom. The minimum absolute atomic E-state index is 0.125. The van der Waals surface area contributed by atoms with Crippen molar-refractivity contribution in [3.63, 3.8) is 0 Å². The van der Waals surface area contributed by atoms with Crippen LogP contribution in [0.5, 0.6) is 0 Å². The van der Waals surface area contributed by atoms with Crippen molar-refractivity contribution in [2.75, 3.05) is 30.8 Å². The van der Waals surface area contributed by atoms with Gasteiger partial charge in [-0.1, -0.05) is 57.2 Å². The number of aryl methyl sites for hydroxylation is 2. The Hall–Kier alpha value is -2.66. The average molecular weight is 382 g/mol. The molecule has 0 unspecified atom stereocenters. The molecule has 150 valence electrons. The van der Waals surface area contributed by atoms with Crippen molar-refractivity contribution in [1.29, 1.82) is 0 Å². The van der Waals surface area contributed by atoms with E-state index in [4.69, 9.17) is 0 Å². The number of rotatable bonds is 8. The molecule has 0 radical (unpaired) electrons. The van der Waals surface area contributed by atoms with Crippen LogP contribution >= 0.6 is 0 Å². The third-order valence-corrected chi connectivity index (χ3v) is 4.69. The van der Waals surface area contributed by atoms with Crippen molar-refractivity contribution in [2.24, 2.45) is 0 Å². The zero-order chi connectivity index (χ0) is 20.7. The van der Waals surface area contributed by atoms with Crippen LogP contribution < -0.4 is 10.6 Å². The lowest BCUT2D eigenvalue weighted by atomic mass is 9.98. The smallest absolute Gasteiger partial charge is 0.238 e. The third-order valence-electron chi connectivity index (χ3n) is 4.69. The first kappa shape index (κ1) is 21.6. The Morgan fingerprint density at radius 2 is 1.61 bits per heavy atom. The lowest BCUT2D eigenvalue weighted by Crippen LogP contribution is -2.36. The van der Waals surface area contributed by atoms with E-state index >= 15 is 0 Å². The van der Waals surface area contributed by atoms with E-state index in [0.29, 0.717) is 5.92 Å². The maximum atomic E-state index is 12.5. The topological polar surface area (TPSA) is 61.4 Å². The van der Waals surface area contributed by atoms with Gasteiger partial charge in [0.2, 0.25) is 11.8 Å². The average Bonchev–Trinajstić information content (AvgIpc) is 2.63. The summed E-state index contributed by atoms with van der Waals surface area (Å²) in [6.45, 7) is 8.55. The van der Waals surface area contributed by atoms with E-state index in [9.17, 15) is 9.59 Å². The number of nitrogens with one attached hydrogen (secondary N) is 2. The number of hydrogen-bond acceptors (Lipinski definition) is 3. The molecule has 28 heavy (non-hydrogen) atoms. The molecular formula is C23H31N3O2. The maximum absolute atomic E-state index is 12.5. The second-order valence-electron chi connectivity index (χ2n) is 7.47. The molecule has 0 heterocycles. The van der Waals surface area contributed by atoms with Gasteiger partial charge in [0.15, 0.2) is 0 Å². The van der Waals surface area contributed by atoms with Gasteiger partial charge in [-0.05, 0) is 49.1 Å². The molecule has 0 fully saturated rings. The molecule has 2 amide bonds. The fourth-order valence-corrected chi connectivity index (χ4v) is 3.21. The number of carbonyl (C=O) groups excluding carboxylic acids is 2. The van der Waals surface area contributed by atoms with Crippen LogP contribution in [0.3, 0.4) is 0 Å². The highest BCUT2D eigenvalue weighted by Crippen LogP contribution is 2.27. The summed E-state index contributed by atoms with van der Waals surface area (Å²) in [5, 5.41) is 5.96. The number of hydrogen-bond donors (Lipinski definition) is 2. The molecule has 0 aromatic heterocycles. The van der Waals surface area contributed by atoms with Crippen LogP contribution in [0.15, 0.2) is 42.5 Å². The first-order valence-electron chi connectivity index (χ1n) is 9.77. The Bertz CT molecular complexity index is 830. The van der Waals surface area contributed by atoms with Gasteiger partial charge in [0.05, 0.1) is 13.1 Å². The number of carbonyl (C=O) groups is 2. The van der Waals surface area contributed by atoms with Crippen molar-refractivity contribution in [1.82, 2.24) is 4.90 Å². The van der Waals surface area contributed by atoms with Crippen LogP contribution in [0.25, 0.3) is 0 Å². The first-order valence-corrected chi connectivity index (χ1v) is 9.77. The molecule has 2 aromatic carbocycles. The Balaban J connectivity index is 1.93. The molecule has 0 bridgehead atoms. The SMILES string of the molecule is CCc1ccccc1NC(=O)CN(C)CC(=O)Nc1c(C)cccc1C(C)C. The molecule has 2 rings (SSSR count). The van der Waals surface area contributed by atoms with Crippen molar-refractivity contribution >= 4 is 23.2 Å². The maximum Gasteiger partial charge on any atom is 0.238 e. The van der Waals surface area contributed by atoms with Gasteiger partial charge in [-0.3, -0.25) is 14.5 Å². The summed E-state index contributed by atoms with van der Waals surface area (Å²) in [4.78, 5) is 26.6. The van der Waals surface area contributed by atoms with Gasteiger partial charge < -0.3 is 10.6 Å². The minimum Gasteiger partial charge on any atom is -0.325 e. The van der Waals surface area contributed by atoms with E-state index in [1.54, 1.807) is 11.9 Å². The van der Waals surface area contributed by atoms with Crippen molar-refractivity contribution in [3.8, 4) is 0 Å². The highest BCUT2D eigenvalue weighted by Gasteiger charge is 2.15. The number of nitrogens with zero attached hydrogens (tertiary/aromatic N) is 1. The highest BCUT2D eigenvalue weighted by molar-refractivity contribution is 5.95. The lowest BCUT2D eigenvalue weighted by Gasteiger charge is -2.19. The highest BCUT2D eigenvalue weighted by atomic mass is 16.2. The van der Waals surface area contributed by atoms with Crippen molar-refractivity contribution < 1.29 is 9.59 Å². The number of benzene rings is 2. The van der Waals surface area contributed by atoms with Gasteiger partial charge in [-0.25, -0.2) is 0 Å². The number of para-hydroxylation sites is 2. The predicted molar refractivity (Wildman–Crippen MR) is 116 cm³/mol. The zero-order valence-corrected chi connectivity index (χ0v) is 17.5. The van der Waals surface area contributed by atoms with Crippen LogP contribution in [0.4, 0.5) is 11.4 Å². The second kappa shape index (κ2) is 10.0. The Kier molecular flexibility index (Phi) is 7.76. The van der Waals surface area contributed by atoms with Crippen LogP contribution in [0.1, 0.15) is 43.4 Å². The summed E-state index contributed by atoms with van der Waals surface area (Å²) in [5.41, 5.74) is 4.95. The van der Waals surface area contributed by atoms with Gasteiger partial charge >= 0.3 is 0 Å². The number of amides is 2. The summed E-state index contributed by atoms with van der Waals surface area (Å²) in [5.74, 6) is 0.0627. The molecule has 2 aromatic rings. The molecule has 2 N–H and O–H groups in total. The molecule has 0 spiro atoms. The van der Waals surface area contributed by atoms with Crippen LogP contribution in [-0.4, -0.2) is 36.9 Å². The Morgan fingerprint density at radius 1 is 0.964 bits per heavy atom. The quantitative estimate of drug-likeness (QED) is 0.721. The largest absolute Gasteiger partial charge is 0.325 e. The normalized spacial score (nSPS) is 11.0. The van der Waals surface area contributed by atoms with Gasteiger partial charge in [0.25, 0.3) is 0 Å². The summed E-state index contributed by atoms with van der Waals surface area (Å²) >= 11 is 0. The molecule has 0 aliphatic rings. The van der Waals surface area contributed by atoms with E-state index in [2.05, 4.69) is 31.4 Å². The van der Waals surface area contributed by atoms with Crippen LogP contribution in [-0.2, 0) is 16.0 Å². The first-order chi connectivity index (χ1) is 13.3. The fraction of sp³-hybridized carbons (Fsp3) is 0.391. The standard InChI is InChI=1S/C23H31N3O2/c1-6-18-11-7-8-13-20(18)24-21(27)14-26(5)15-22(28)25-23-17(4)10-9-12-19(23)16(2)3/h7-13,16H,6,14-15H2,1-5H3,(H,24,27)(H,25,28). The molecular weight excluding hydrogens is 350 g/mol. The predicted octanol–water partition coefficient (Wildman–Crippen LogP) is 4.19. The van der Waals surface area contributed by atoms with Gasteiger partial charge in [-0.2, -0.15) is 0 Å². The van der Waals surface area contributed by atoms with E-state index in [1.807, 2.05) is 49.4 Å². The van der Waals surface area contributed by atoms with Crippen molar-refractivity contribution in [2.45, 2.75) is 40.0 Å². The van der Waals surface area contributed by atoms with Gasteiger partial charge in [0.1, 0.15) is 0 Å². The monoisotopic (exact) mass is 381 g/mol. The summed E-state index contributed by atoms with van der Waals surface area (Å²) in [7, 11) is 1.77. The van der Waals surface area contributed by atoms with Gasteiger partial charge in [0, 0.05) is 11.4 Å². The van der Waals surface area contributed by atoms with E-state index in [0.717, 1.165) is 34.5 Å². The van der Waals surface area contributed by atoms with Crippen molar-refractivity contribution in [3.05, 3.63) is 59.2 Å². The third kappa shape index (κ3) is 5.92. The minimum atomic E-state index is -0.130. The molecule has 0 aliphatic carbocycles. The second-order valence-corrected chi connectivity index (χ2v) is 7.47. The zero-order valence-electron chi connectivity index (χ0n) is 17.5. The number of likely N-dealkylation sites (N-methyl/N-ethyl adjacent to an activating group) is 1. The summed E-state index contributed by atoms with van der Waals surface area (Å²) in [6, 6.07) is 13.8. The lowest BCUT2D eigenvalue weighted by molar-refractivity contribution is -0.119. The Labute approximate surface area is 168 Å². The molecule has 0 aliphatic heterocycles. The molecule has 5 nitrogen and oxygen atoms in total.